The summed E-state index contributed by atoms with van der Waals surface area (Å²) in [5, 5.41) is 29.8. The first-order chi connectivity index (χ1) is 11.1. The van der Waals surface area contributed by atoms with Crippen LogP contribution < -0.4 is 5.56 Å². The molecule has 0 fully saturated rings. The highest BCUT2D eigenvalue weighted by molar-refractivity contribution is 5.95. The number of phenolic OH excluding ortho intramolecular Hbond substituents is 1. The molecule has 0 spiro atoms. The van der Waals surface area contributed by atoms with E-state index in [1.165, 1.54) is 30.3 Å². The van der Waals surface area contributed by atoms with Crippen molar-refractivity contribution >= 4 is 16.8 Å². The van der Waals surface area contributed by atoms with Crippen LogP contribution in [0.1, 0.15) is 11.1 Å². The molecule has 5 nitrogen and oxygen atoms in total. The van der Waals surface area contributed by atoms with Gasteiger partial charge in [0.15, 0.2) is 0 Å². The van der Waals surface area contributed by atoms with Gasteiger partial charge in [-0.2, -0.15) is 5.26 Å². The number of nitrogens with zero attached hydrogens (tertiary/aromatic N) is 2. The van der Waals surface area contributed by atoms with Crippen LogP contribution in [0.15, 0.2) is 53.8 Å². The van der Waals surface area contributed by atoms with E-state index in [2.05, 4.69) is 6.58 Å². The first-order valence-corrected chi connectivity index (χ1v) is 6.81. The second-order valence-electron chi connectivity index (χ2n) is 4.94. The predicted octanol–water partition coefficient (Wildman–Crippen LogP) is 2.92. The van der Waals surface area contributed by atoms with Gasteiger partial charge in [0.05, 0.1) is 22.7 Å². The van der Waals surface area contributed by atoms with Crippen LogP contribution in [0.25, 0.3) is 22.5 Å². The van der Waals surface area contributed by atoms with Gasteiger partial charge in [-0.15, -0.1) is 0 Å². The Morgan fingerprint density at radius 3 is 2.43 bits per heavy atom. The van der Waals surface area contributed by atoms with Crippen LogP contribution in [-0.4, -0.2) is 14.8 Å². The summed E-state index contributed by atoms with van der Waals surface area (Å²) in [6.07, 6.45) is 1.44. The van der Waals surface area contributed by atoms with E-state index in [-0.39, 0.29) is 22.6 Å². The summed E-state index contributed by atoms with van der Waals surface area (Å²) < 4.78 is 1.10. The quantitative estimate of drug-likeness (QED) is 0.762. The average molecular weight is 304 g/mol. The van der Waals surface area contributed by atoms with Crippen LogP contribution in [-0.2, 0) is 0 Å². The van der Waals surface area contributed by atoms with Crippen LogP contribution in [0.5, 0.6) is 11.6 Å². The maximum atomic E-state index is 12.8. The van der Waals surface area contributed by atoms with Crippen LogP contribution in [0.2, 0.25) is 0 Å². The Balaban J connectivity index is 2.53. The van der Waals surface area contributed by atoms with Gasteiger partial charge in [-0.1, -0.05) is 24.8 Å². The van der Waals surface area contributed by atoms with E-state index in [0.717, 1.165) is 4.57 Å². The third-order valence-corrected chi connectivity index (χ3v) is 3.66. The van der Waals surface area contributed by atoms with E-state index < -0.39 is 5.56 Å². The Bertz CT molecular complexity index is 1030. The van der Waals surface area contributed by atoms with Crippen molar-refractivity contribution in [3.8, 4) is 23.4 Å². The van der Waals surface area contributed by atoms with Gasteiger partial charge < -0.3 is 10.2 Å². The Morgan fingerprint density at radius 1 is 1.13 bits per heavy atom. The number of benzene rings is 2. The predicted molar refractivity (Wildman–Crippen MR) is 87.7 cm³/mol. The minimum Gasteiger partial charge on any atom is -0.508 e. The SMILES string of the molecule is C=Cc1c(O)n(-c2ccc(O)cc2)c(=O)c2c(C#N)cccc12. The van der Waals surface area contributed by atoms with Crippen LogP contribution >= 0.6 is 0 Å². The van der Waals surface area contributed by atoms with Crippen molar-refractivity contribution in [2.24, 2.45) is 0 Å². The van der Waals surface area contributed by atoms with Gasteiger partial charge in [-0.05, 0) is 30.3 Å². The van der Waals surface area contributed by atoms with E-state index in [4.69, 9.17) is 0 Å². The van der Waals surface area contributed by atoms with E-state index in [0.29, 0.717) is 16.6 Å². The molecule has 1 aromatic heterocycles. The first kappa shape index (κ1) is 14.4. The number of rotatable bonds is 2. The fourth-order valence-electron chi connectivity index (χ4n) is 2.59. The number of aromatic hydroxyl groups is 2. The topological polar surface area (TPSA) is 86.2 Å². The number of pyridine rings is 1. The number of phenols is 1. The molecule has 0 aliphatic rings. The first-order valence-electron chi connectivity index (χ1n) is 6.81. The summed E-state index contributed by atoms with van der Waals surface area (Å²) in [4.78, 5) is 12.8. The molecule has 0 radical (unpaired) electrons. The molecule has 23 heavy (non-hydrogen) atoms. The van der Waals surface area contributed by atoms with Gasteiger partial charge in [-0.3, -0.25) is 4.79 Å². The van der Waals surface area contributed by atoms with Crippen LogP contribution in [0.3, 0.4) is 0 Å². The van der Waals surface area contributed by atoms with Crippen molar-refractivity contribution in [1.29, 1.82) is 5.26 Å². The fourth-order valence-corrected chi connectivity index (χ4v) is 2.59. The molecule has 0 aliphatic heterocycles. The van der Waals surface area contributed by atoms with Crippen molar-refractivity contribution in [1.82, 2.24) is 4.57 Å². The van der Waals surface area contributed by atoms with Crippen molar-refractivity contribution in [2.75, 3.05) is 0 Å². The highest BCUT2D eigenvalue weighted by Gasteiger charge is 2.17. The lowest BCUT2D eigenvalue weighted by molar-refractivity contribution is 0.435. The molecule has 0 aliphatic carbocycles. The highest BCUT2D eigenvalue weighted by Crippen LogP contribution is 2.29. The minimum absolute atomic E-state index is 0.0451. The smallest absolute Gasteiger partial charge is 0.267 e. The Labute approximate surface area is 131 Å². The van der Waals surface area contributed by atoms with Crippen molar-refractivity contribution < 1.29 is 10.2 Å². The summed E-state index contributed by atoms with van der Waals surface area (Å²) in [5.74, 6) is -0.220. The van der Waals surface area contributed by atoms with E-state index in [1.54, 1.807) is 18.2 Å². The zero-order valence-corrected chi connectivity index (χ0v) is 12.0. The largest absolute Gasteiger partial charge is 0.508 e. The lowest BCUT2D eigenvalue weighted by atomic mass is 10.0. The molecular weight excluding hydrogens is 292 g/mol. The lowest BCUT2D eigenvalue weighted by Crippen LogP contribution is -2.20. The standard InChI is InChI=1S/C18H12N2O3/c1-2-14-15-5-3-4-11(10-19)16(15)18(23)20(17(14)22)12-6-8-13(21)9-7-12/h2-9,21-22H,1H2. The van der Waals surface area contributed by atoms with Gasteiger partial charge >= 0.3 is 0 Å². The fraction of sp³-hybridized carbons (Fsp3) is 0. The second kappa shape index (κ2) is 5.35. The van der Waals surface area contributed by atoms with E-state index >= 15 is 0 Å². The van der Waals surface area contributed by atoms with Crippen LogP contribution in [0.4, 0.5) is 0 Å². The van der Waals surface area contributed by atoms with E-state index in [9.17, 15) is 20.3 Å². The number of aromatic nitrogens is 1. The monoisotopic (exact) mass is 304 g/mol. The molecule has 0 atom stereocenters. The van der Waals surface area contributed by atoms with Crippen molar-refractivity contribution in [3.05, 3.63) is 70.5 Å². The molecule has 0 unspecified atom stereocenters. The molecule has 0 saturated carbocycles. The number of fused-ring (bicyclic) bond motifs is 1. The molecule has 2 N–H and O–H groups in total. The maximum absolute atomic E-state index is 12.8. The third-order valence-electron chi connectivity index (χ3n) is 3.66. The number of hydrogen-bond donors (Lipinski definition) is 2. The van der Waals surface area contributed by atoms with Gasteiger partial charge in [0.1, 0.15) is 5.75 Å². The summed E-state index contributed by atoms with van der Waals surface area (Å²) in [6.45, 7) is 3.68. The maximum Gasteiger partial charge on any atom is 0.267 e. The van der Waals surface area contributed by atoms with Gasteiger partial charge in [0, 0.05) is 10.9 Å². The molecule has 1 heterocycles. The normalized spacial score (nSPS) is 10.4. The van der Waals surface area contributed by atoms with Crippen LogP contribution in [0, 0.1) is 11.3 Å². The Morgan fingerprint density at radius 2 is 1.83 bits per heavy atom. The second-order valence-corrected chi connectivity index (χ2v) is 4.94. The van der Waals surface area contributed by atoms with Gasteiger partial charge in [0.25, 0.3) is 5.56 Å². The molecule has 0 saturated heterocycles. The highest BCUT2D eigenvalue weighted by atomic mass is 16.3. The lowest BCUT2D eigenvalue weighted by Gasteiger charge is -2.14. The average Bonchev–Trinajstić information content (AvgIpc) is 2.56. The Kier molecular flexibility index (Phi) is 3.36. The molecule has 2 aromatic carbocycles. The van der Waals surface area contributed by atoms with E-state index in [1.807, 2.05) is 6.07 Å². The van der Waals surface area contributed by atoms with Crippen molar-refractivity contribution in [2.45, 2.75) is 0 Å². The number of hydrogen-bond acceptors (Lipinski definition) is 4. The molecule has 5 heteroatoms. The summed E-state index contributed by atoms with van der Waals surface area (Å²) in [7, 11) is 0. The minimum atomic E-state index is -0.508. The molecule has 3 rings (SSSR count). The summed E-state index contributed by atoms with van der Waals surface area (Å²) in [6, 6.07) is 12.7. The number of nitriles is 1. The zero-order chi connectivity index (χ0) is 16.6. The van der Waals surface area contributed by atoms with Crippen molar-refractivity contribution in [3.63, 3.8) is 0 Å². The van der Waals surface area contributed by atoms with Gasteiger partial charge in [0.2, 0.25) is 5.88 Å². The third kappa shape index (κ3) is 2.14. The molecular formula is C18H12N2O3. The summed E-state index contributed by atoms with van der Waals surface area (Å²) in [5.41, 5.74) is 0.460. The van der Waals surface area contributed by atoms with Gasteiger partial charge in [-0.25, -0.2) is 4.57 Å². The molecule has 3 aromatic rings. The molecule has 0 amide bonds. The molecule has 0 bridgehead atoms. The Hall–Kier alpha value is -3.52. The zero-order valence-electron chi connectivity index (χ0n) is 12.0. The summed E-state index contributed by atoms with van der Waals surface area (Å²) >= 11 is 0. The molecule has 112 valence electrons.